The van der Waals surface area contributed by atoms with E-state index in [1.807, 2.05) is 66.7 Å². The van der Waals surface area contributed by atoms with Gasteiger partial charge in [0.05, 0.1) is 30.4 Å². The van der Waals surface area contributed by atoms with Crippen LogP contribution in [0.2, 0.25) is 0 Å². The van der Waals surface area contributed by atoms with E-state index in [-0.39, 0.29) is 5.91 Å². The molecule has 3 heterocycles. The third kappa shape index (κ3) is 3.68. The zero-order valence-corrected chi connectivity index (χ0v) is 24.1. The lowest BCUT2D eigenvalue weighted by atomic mass is 9.64. The number of benzene rings is 3. The fourth-order valence-electron chi connectivity index (χ4n) is 7.46. The Morgan fingerprint density at radius 3 is 2.51 bits per heavy atom. The lowest BCUT2D eigenvalue weighted by molar-refractivity contribution is -0.142. The molecule has 0 radical (unpaired) electrons. The first kappa shape index (κ1) is 25.9. The number of hydrogen-bond acceptors (Lipinski definition) is 7. The molecule has 2 amide bonds. The summed E-state index contributed by atoms with van der Waals surface area (Å²) in [7, 11) is 1.59. The summed E-state index contributed by atoms with van der Waals surface area (Å²) in [6, 6.07) is 21.4. The number of amides is 2. The first-order valence-electron chi connectivity index (χ1n) is 14.5. The van der Waals surface area contributed by atoms with E-state index in [9.17, 15) is 19.6 Å². The fraction of sp³-hybridized carbons (Fsp3) is 0.257. The van der Waals surface area contributed by atoms with Crippen LogP contribution in [0, 0.1) is 29.1 Å². The summed E-state index contributed by atoms with van der Waals surface area (Å²) in [6.45, 7) is 0. The second kappa shape index (κ2) is 9.65. The van der Waals surface area contributed by atoms with Crippen molar-refractivity contribution in [1.29, 1.82) is 5.26 Å². The molecule has 1 aromatic heterocycles. The van der Waals surface area contributed by atoms with E-state index in [0.717, 1.165) is 58.0 Å². The molecule has 1 saturated heterocycles. The number of hydrogen-bond donors (Lipinski definition) is 0. The van der Waals surface area contributed by atoms with Crippen molar-refractivity contribution in [3.05, 3.63) is 93.9 Å². The monoisotopic (exact) mass is 586 g/mol. The van der Waals surface area contributed by atoms with Gasteiger partial charge in [-0.05, 0) is 59.9 Å². The van der Waals surface area contributed by atoms with Gasteiger partial charge in [-0.1, -0.05) is 54.6 Å². The van der Waals surface area contributed by atoms with Crippen molar-refractivity contribution in [2.45, 2.75) is 31.6 Å². The van der Waals surface area contributed by atoms with Crippen molar-refractivity contribution >= 4 is 50.5 Å². The van der Waals surface area contributed by atoms with Gasteiger partial charge in [0.1, 0.15) is 22.6 Å². The van der Waals surface area contributed by atoms with Crippen LogP contribution in [-0.2, 0) is 27.2 Å². The summed E-state index contributed by atoms with van der Waals surface area (Å²) < 4.78 is 11.4. The second-order valence-electron chi connectivity index (χ2n) is 11.5. The van der Waals surface area contributed by atoms with Gasteiger partial charge in [-0.2, -0.15) is 5.26 Å². The molecule has 0 N–H and O–H groups in total. The van der Waals surface area contributed by atoms with Crippen LogP contribution in [0.5, 0.6) is 11.5 Å². The number of rotatable bonds is 3. The van der Waals surface area contributed by atoms with E-state index in [1.165, 1.54) is 16.2 Å². The van der Waals surface area contributed by atoms with Crippen LogP contribution in [0.15, 0.2) is 66.7 Å². The molecule has 8 heteroatoms. The van der Waals surface area contributed by atoms with Crippen molar-refractivity contribution in [2.75, 3.05) is 12.0 Å². The molecule has 8 rings (SSSR count). The minimum atomic E-state index is -0.961. The number of imide groups is 1. The Hall–Kier alpha value is -4.74. The van der Waals surface area contributed by atoms with E-state index in [1.54, 1.807) is 7.11 Å². The number of thiophene rings is 1. The number of fused-ring (bicyclic) bond motifs is 8. The number of nitriles is 1. The molecule has 0 saturated carbocycles. The van der Waals surface area contributed by atoms with E-state index >= 15 is 0 Å². The van der Waals surface area contributed by atoms with Gasteiger partial charge < -0.3 is 9.47 Å². The largest absolute Gasteiger partial charge is 0.497 e. The van der Waals surface area contributed by atoms with Crippen LogP contribution in [0.25, 0.3) is 16.3 Å². The predicted octanol–water partition coefficient (Wildman–Crippen LogP) is 6.18. The average Bonchev–Trinajstić information content (AvgIpc) is 3.53. The molecule has 0 unspecified atom stereocenters. The summed E-state index contributed by atoms with van der Waals surface area (Å²) >= 11 is 1.37. The van der Waals surface area contributed by atoms with Gasteiger partial charge in [-0.3, -0.25) is 14.4 Å². The Bertz CT molecular complexity index is 1950. The van der Waals surface area contributed by atoms with Gasteiger partial charge in [0.15, 0.2) is 0 Å². The summed E-state index contributed by atoms with van der Waals surface area (Å²) in [5.74, 6) is -3.40. The van der Waals surface area contributed by atoms with E-state index in [4.69, 9.17) is 9.47 Å². The minimum Gasteiger partial charge on any atom is -0.497 e. The lowest BCUT2D eigenvalue weighted by Crippen LogP contribution is -2.42. The SMILES string of the molecule is COc1ccc([C@@H]2C=C3c4ccc5ccccc5c4OC(=O)[C@@H]3[C@H]3C(=O)N(c4sc5c(c4C#N)CCCC5)C(=O)[C@H]32)cc1. The van der Waals surface area contributed by atoms with Gasteiger partial charge in [0, 0.05) is 21.7 Å². The van der Waals surface area contributed by atoms with Crippen molar-refractivity contribution in [1.82, 2.24) is 0 Å². The number of carbonyl (C=O) groups excluding carboxylic acids is 3. The Morgan fingerprint density at radius 2 is 1.72 bits per heavy atom. The number of ether oxygens (including phenoxy) is 2. The maximum absolute atomic E-state index is 14.5. The van der Waals surface area contributed by atoms with Gasteiger partial charge in [-0.15, -0.1) is 11.3 Å². The normalized spacial score (nSPS) is 24.0. The van der Waals surface area contributed by atoms with E-state index in [2.05, 4.69) is 6.07 Å². The van der Waals surface area contributed by atoms with Gasteiger partial charge >= 0.3 is 5.97 Å². The van der Waals surface area contributed by atoms with Crippen LogP contribution in [0.4, 0.5) is 5.00 Å². The molecular weight excluding hydrogens is 560 g/mol. The van der Waals surface area contributed by atoms with Crippen LogP contribution in [-0.4, -0.2) is 24.9 Å². The molecule has 2 aliphatic carbocycles. The highest BCUT2D eigenvalue weighted by molar-refractivity contribution is 7.17. The van der Waals surface area contributed by atoms with Crippen molar-refractivity contribution in [2.24, 2.45) is 17.8 Å². The zero-order chi connectivity index (χ0) is 29.4. The highest BCUT2D eigenvalue weighted by Crippen LogP contribution is 2.56. The molecule has 0 bridgehead atoms. The Balaban J connectivity index is 1.32. The molecule has 43 heavy (non-hydrogen) atoms. The maximum atomic E-state index is 14.5. The Kier molecular flexibility index (Phi) is 5.82. The molecule has 212 valence electrons. The van der Waals surface area contributed by atoms with Crippen molar-refractivity contribution in [3.8, 4) is 17.6 Å². The fourth-order valence-corrected chi connectivity index (χ4v) is 8.81. The van der Waals surface area contributed by atoms with Crippen molar-refractivity contribution < 1.29 is 23.9 Å². The first-order valence-corrected chi connectivity index (χ1v) is 15.3. The number of methoxy groups -OCH3 is 1. The topological polar surface area (TPSA) is 96.7 Å². The molecule has 4 aliphatic rings. The molecule has 2 aliphatic heterocycles. The molecule has 1 fully saturated rings. The molecular formula is C35H26N2O5S. The summed E-state index contributed by atoms with van der Waals surface area (Å²) in [5, 5.41) is 12.3. The number of carbonyl (C=O) groups is 3. The average molecular weight is 587 g/mol. The number of allylic oxidation sites excluding steroid dienone is 1. The highest BCUT2D eigenvalue weighted by atomic mass is 32.1. The molecule has 4 atom stereocenters. The number of anilines is 1. The lowest BCUT2D eigenvalue weighted by Gasteiger charge is -2.38. The number of esters is 1. The van der Waals surface area contributed by atoms with E-state index in [0.29, 0.717) is 27.6 Å². The van der Waals surface area contributed by atoms with Gasteiger partial charge in [0.25, 0.3) is 0 Å². The van der Waals surface area contributed by atoms with Gasteiger partial charge in [0.2, 0.25) is 11.8 Å². The zero-order valence-electron chi connectivity index (χ0n) is 23.3. The van der Waals surface area contributed by atoms with E-state index < -0.39 is 35.5 Å². The standard InChI is InChI=1S/C35H26N2O5S/c1-41-20-13-10-19(11-14-20)24-16-25-23-15-12-18-6-2-3-7-21(18)31(23)42-35(40)29(25)30-28(24)32(38)37(33(30)39)34-26(17-36)22-8-4-5-9-27(22)43-34/h2-3,6-7,10-16,24,28-30H,4-5,8-9H2,1H3/t24-,28-,29-,30-/m0/s1. The second-order valence-corrected chi connectivity index (χ2v) is 12.6. The molecule has 4 aromatic rings. The first-order chi connectivity index (χ1) is 21.0. The molecule has 3 aromatic carbocycles. The van der Waals surface area contributed by atoms with Crippen molar-refractivity contribution in [3.63, 3.8) is 0 Å². The molecule has 0 spiro atoms. The van der Waals surface area contributed by atoms with Crippen LogP contribution >= 0.6 is 11.3 Å². The minimum absolute atomic E-state index is 0.377. The Labute approximate surface area is 251 Å². The number of nitrogens with zero attached hydrogens (tertiary/aromatic N) is 2. The van der Waals surface area contributed by atoms with Crippen LogP contribution < -0.4 is 14.4 Å². The highest BCUT2D eigenvalue weighted by Gasteiger charge is 2.61. The van der Waals surface area contributed by atoms with Gasteiger partial charge in [-0.25, -0.2) is 4.90 Å². The van der Waals surface area contributed by atoms with Crippen LogP contribution in [0.3, 0.4) is 0 Å². The predicted molar refractivity (Wildman–Crippen MR) is 162 cm³/mol. The quantitative estimate of drug-likeness (QED) is 0.162. The summed E-state index contributed by atoms with van der Waals surface area (Å²) in [6.07, 6.45) is 5.57. The number of aryl methyl sites for hydroxylation is 1. The Morgan fingerprint density at radius 1 is 0.953 bits per heavy atom. The third-order valence-corrected chi connectivity index (χ3v) is 10.7. The smallest absolute Gasteiger partial charge is 0.319 e. The third-order valence-electron chi connectivity index (χ3n) is 9.45. The summed E-state index contributed by atoms with van der Waals surface area (Å²) in [4.78, 5) is 45.1. The molecule has 7 nitrogen and oxygen atoms in total. The van der Waals surface area contributed by atoms with Crippen LogP contribution in [0.1, 0.15) is 45.9 Å². The maximum Gasteiger partial charge on any atom is 0.319 e. The summed E-state index contributed by atoms with van der Waals surface area (Å²) in [5.41, 5.74) is 3.67.